The molecule has 6 heteroatoms. The number of hydrogen-bond acceptors (Lipinski definition) is 4. The van der Waals surface area contributed by atoms with Crippen molar-refractivity contribution in [3.8, 4) is 0 Å². The summed E-state index contributed by atoms with van der Waals surface area (Å²) in [5.74, 6) is 0.286. The van der Waals surface area contributed by atoms with Crippen LogP contribution in [0.4, 0.5) is 0 Å². The van der Waals surface area contributed by atoms with Crippen molar-refractivity contribution in [2.24, 2.45) is 0 Å². The second kappa shape index (κ2) is 7.59. The molecule has 0 saturated carbocycles. The summed E-state index contributed by atoms with van der Waals surface area (Å²) in [7, 11) is 0. The Hall–Kier alpha value is -1.14. The number of carbonyl (C=O) groups excluding carboxylic acids is 2. The van der Waals surface area contributed by atoms with Crippen LogP contribution in [0.1, 0.15) is 19.8 Å². The van der Waals surface area contributed by atoms with E-state index in [-0.39, 0.29) is 18.4 Å². The van der Waals surface area contributed by atoms with Crippen LogP contribution in [0, 0.1) is 0 Å². The van der Waals surface area contributed by atoms with Gasteiger partial charge in [-0.25, -0.2) is 0 Å². The Bertz CT molecular complexity index is 335. The predicted octanol–water partition coefficient (Wildman–Crippen LogP) is -0.210. The molecule has 0 radical (unpaired) electrons. The summed E-state index contributed by atoms with van der Waals surface area (Å²) >= 11 is 0. The number of ether oxygens (including phenoxy) is 1. The van der Waals surface area contributed by atoms with Crippen molar-refractivity contribution >= 4 is 11.8 Å². The monoisotopic (exact) mass is 283 g/mol. The smallest absolute Gasteiger partial charge is 0.248 e. The Morgan fingerprint density at radius 2 is 1.50 bits per heavy atom. The van der Waals surface area contributed by atoms with E-state index in [1.54, 1.807) is 0 Å². The highest BCUT2D eigenvalue weighted by molar-refractivity contribution is 5.79. The van der Waals surface area contributed by atoms with E-state index in [2.05, 4.69) is 4.90 Å². The van der Waals surface area contributed by atoms with E-state index in [0.717, 1.165) is 39.0 Å². The SMILES string of the molecule is CCOCC(=O)N1CCN(CC(=O)N2CCCC2)CC1. The van der Waals surface area contributed by atoms with Crippen LogP contribution in [0.5, 0.6) is 0 Å². The summed E-state index contributed by atoms with van der Waals surface area (Å²) in [5, 5.41) is 0. The van der Waals surface area contributed by atoms with Crippen molar-refractivity contribution in [2.45, 2.75) is 19.8 Å². The van der Waals surface area contributed by atoms with Crippen LogP contribution in [0.3, 0.4) is 0 Å². The van der Waals surface area contributed by atoms with Crippen molar-refractivity contribution in [1.82, 2.24) is 14.7 Å². The van der Waals surface area contributed by atoms with E-state index in [1.165, 1.54) is 0 Å². The molecule has 6 nitrogen and oxygen atoms in total. The molecule has 2 saturated heterocycles. The van der Waals surface area contributed by atoms with Crippen LogP contribution in [-0.2, 0) is 14.3 Å². The van der Waals surface area contributed by atoms with Crippen LogP contribution >= 0.6 is 0 Å². The zero-order valence-corrected chi connectivity index (χ0v) is 12.3. The number of hydrogen-bond donors (Lipinski definition) is 0. The maximum atomic E-state index is 12.1. The Labute approximate surface area is 120 Å². The Morgan fingerprint density at radius 1 is 0.900 bits per heavy atom. The number of rotatable bonds is 5. The minimum Gasteiger partial charge on any atom is -0.372 e. The van der Waals surface area contributed by atoms with Gasteiger partial charge in [0.1, 0.15) is 6.61 Å². The third-order valence-electron chi connectivity index (χ3n) is 3.97. The number of nitrogens with zero attached hydrogens (tertiary/aromatic N) is 3. The molecule has 0 bridgehead atoms. The molecule has 0 spiro atoms. The second-order valence-electron chi connectivity index (χ2n) is 5.38. The van der Waals surface area contributed by atoms with Gasteiger partial charge < -0.3 is 14.5 Å². The normalized spacial score (nSPS) is 20.4. The lowest BCUT2D eigenvalue weighted by atomic mass is 10.3. The number of carbonyl (C=O) groups is 2. The molecule has 2 aliphatic rings. The predicted molar refractivity (Wildman–Crippen MR) is 75.3 cm³/mol. The van der Waals surface area contributed by atoms with Crippen LogP contribution in [-0.4, -0.2) is 85.5 Å². The van der Waals surface area contributed by atoms with Gasteiger partial charge in [0, 0.05) is 45.9 Å². The fourth-order valence-corrected chi connectivity index (χ4v) is 2.69. The maximum Gasteiger partial charge on any atom is 0.248 e. The van der Waals surface area contributed by atoms with Crippen molar-refractivity contribution in [2.75, 3.05) is 59.0 Å². The molecular weight excluding hydrogens is 258 g/mol. The Balaban J connectivity index is 1.68. The van der Waals surface area contributed by atoms with Gasteiger partial charge >= 0.3 is 0 Å². The first-order chi connectivity index (χ1) is 9.70. The minimum atomic E-state index is 0.0531. The van der Waals surface area contributed by atoms with E-state index in [4.69, 9.17) is 4.74 Å². The van der Waals surface area contributed by atoms with Crippen LogP contribution < -0.4 is 0 Å². The highest BCUT2D eigenvalue weighted by Gasteiger charge is 2.25. The van der Waals surface area contributed by atoms with Crippen molar-refractivity contribution in [3.63, 3.8) is 0 Å². The van der Waals surface area contributed by atoms with E-state index in [0.29, 0.717) is 26.2 Å². The van der Waals surface area contributed by atoms with E-state index in [1.807, 2.05) is 16.7 Å². The zero-order valence-electron chi connectivity index (χ0n) is 12.3. The second-order valence-corrected chi connectivity index (χ2v) is 5.38. The maximum absolute atomic E-state index is 12.1. The average Bonchev–Trinajstić information content (AvgIpc) is 3.00. The van der Waals surface area contributed by atoms with Gasteiger partial charge in [-0.1, -0.05) is 0 Å². The molecule has 2 heterocycles. The third-order valence-corrected chi connectivity index (χ3v) is 3.97. The Kier molecular flexibility index (Phi) is 5.79. The molecule has 0 aromatic heterocycles. The van der Waals surface area contributed by atoms with Crippen LogP contribution in [0.25, 0.3) is 0 Å². The van der Waals surface area contributed by atoms with Gasteiger partial charge in [-0.05, 0) is 19.8 Å². The molecule has 0 aromatic carbocycles. The topological polar surface area (TPSA) is 53.1 Å². The lowest BCUT2D eigenvalue weighted by molar-refractivity contribution is -0.138. The van der Waals surface area contributed by atoms with Crippen molar-refractivity contribution < 1.29 is 14.3 Å². The molecular formula is C14H25N3O3. The summed E-state index contributed by atoms with van der Waals surface area (Å²) in [4.78, 5) is 29.8. The standard InChI is InChI=1S/C14H25N3O3/c1-2-20-12-14(19)17-9-7-15(8-10-17)11-13(18)16-5-3-4-6-16/h2-12H2,1H3. The summed E-state index contributed by atoms with van der Waals surface area (Å²) < 4.78 is 5.14. The highest BCUT2D eigenvalue weighted by Crippen LogP contribution is 2.09. The van der Waals surface area contributed by atoms with Gasteiger partial charge in [-0.15, -0.1) is 0 Å². The first-order valence-electron chi connectivity index (χ1n) is 7.56. The molecule has 0 N–H and O–H groups in total. The summed E-state index contributed by atoms with van der Waals surface area (Å²) in [5.41, 5.74) is 0. The number of amides is 2. The summed E-state index contributed by atoms with van der Waals surface area (Å²) in [6.07, 6.45) is 2.26. The van der Waals surface area contributed by atoms with Crippen LogP contribution in [0.15, 0.2) is 0 Å². The molecule has 0 aromatic rings. The van der Waals surface area contributed by atoms with Gasteiger partial charge in [-0.2, -0.15) is 0 Å². The fourth-order valence-electron chi connectivity index (χ4n) is 2.69. The lowest BCUT2D eigenvalue weighted by Gasteiger charge is -2.35. The fraction of sp³-hybridized carbons (Fsp3) is 0.857. The lowest BCUT2D eigenvalue weighted by Crippen LogP contribution is -2.52. The summed E-state index contributed by atoms with van der Waals surface area (Å²) in [6, 6.07) is 0. The zero-order chi connectivity index (χ0) is 14.4. The van der Waals surface area contributed by atoms with Gasteiger partial charge in [0.2, 0.25) is 11.8 Å². The first kappa shape index (κ1) is 15.3. The van der Waals surface area contributed by atoms with Gasteiger partial charge in [-0.3, -0.25) is 14.5 Å². The molecule has 2 amide bonds. The molecule has 114 valence electrons. The largest absolute Gasteiger partial charge is 0.372 e. The molecule has 2 fully saturated rings. The molecule has 20 heavy (non-hydrogen) atoms. The number of likely N-dealkylation sites (tertiary alicyclic amines) is 1. The van der Waals surface area contributed by atoms with Gasteiger partial charge in [0.15, 0.2) is 0 Å². The minimum absolute atomic E-state index is 0.0531. The third kappa shape index (κ3) is 4.18. The van der Waals surface area contributed by atoms with E-state index >= 15 is 0 Å². The first-order valence-corrected chi connectivity index (χ1v) is 7.56. The van der Waals surface area contributed by atoms with Crippen molar-refractivity contribution in [3.05, 3.63) is 0 Å². The highest BCUT2D eigenvalue weighted by atomic mass is 16.5. The van der Waals surface area contributed by atoms with Gasteiger partial charge in [0.05, 0.1) is 6.54 Å². The molecule has 0 unspecified atom stereocenters. The van der Waals surface area contributed by atoms with E-state index < -0.39 is 0 Å². The number of piperazine rings is 1. The van der Waals surface area contributed by atoms with Gasteiger partial charge in [0.25, 0.3) is 0 Å². The summed E-state index contributed by atoms with van der Waals surface area (Å²) in [6.45, 7) is 7.87. The average molecular weight is 283 g/mol. The van der Waals surface area contributed by atoms with Crippen molar-refractivity contribution in [1.29, 1.82) is 0 Å². The molecule has 0 atom stereocenters. The quantitative estimate of drug-likeness (QED) is 0.700. The van der Waals surface area contributed by atoms with E-state index in [9.17, 15) is 9.59 Å². The molecule has 2 rings (SSSR count). The molecule has 0 aliphatic carbocycles. The molecule has 2 aliphatic heterocycles. The Morgan fingerprint density at radius 3 is 2.10 bits per heavy atom. The van der Waals surface area contributed by atoms with Crippen LogP contribution in [0.2, 0.25) is 0 Å².